The Morgan fingerprint density at radius 1 is 1.29 bits per heavy atom. The van der Waals surface area contributed by atoms with Gasteiger partial charge in [-0.1, -0.05) is 22.9 Å². The molecule has 2 rings (SSSR count). The molecule has 0 aliphatic carbocycles. The fourth-order valence-corrected chi connectivity index (χ4v) is 2.94. The average molecular weight is 293 g/mol. The second-order valence-electron chi connectivity index (χ2n) is 4.27. The molecule has 0 amide bonds. The number of hydrogen-bond donors (Lipinski definition) is 1. The highest BCUT2D eigenvalue weighted by Gasteiger charge is 2.12. The molecule has 1 N–H and O–H groups in total. The average Bonchev–Trinajstić information content (AvgIpc) is 2.28. The highest BCUT2D eigenvalue weighted by atomic mass is 79.9. The van der Waals surface area contributed by atoms with Gasteiger partial charge in [-0.05, 0) is 43.5 Å². The highest BCUT2D eigenvalue weighted by Crippen LogP contribution is 2.32. The van der Waals surface area contributed by atoms with E-state index in [1.807, 2.05) is 7.05 Å². The number of pyridine rings is 1. The van der Waals surface area contributed by atoms with E-state index in [-0.39, 0.29) is 0 Å². The first-order valence-electron chi connectivity index (χ1n) is 5.85. The second-order valence-corrected chi connectivity index (χ2v) is 5.19. The minimum atomic E-state index is 0.997. The molecular formula is C14H17BrN2. The largest absolute Gasteiger partial charge is 0.387 e. The molecule has 0 saturated heterocycles. The van der Waals surface area contributed by atoms with Crippen molar-refractivity contribution in [3.63, 3.8) is 0 Å². The fraction of sp³-hybridized carbons (Fsp3) is 0.357. The van der Waals surface area contributed by atoms with E-state index in [9.17, 15) is 0 Å². The first kappa shape index (κ1) is 12.4. The lowest BCUT2D eigenvalue weighted by Gasteiger charge is -2.15. The molecule has 90 valence electrons. The quantitative estimate of drug-likeness (QED) is 0.896. The summed E-state index contributed by atoms with van der Waals surface area (Å²) in [6, 6.07) is 4.25. The van der Waals surface area contributed by atoms with Crippen LogP contribution in [-0.2, 0) is 6.42 Å². The summed E-state index contributed by atoms with van der Waals surface area (Å²) in [5, 5.41) is 4.52. The van der Waals surface area contributed by atoms with E-state index in [1.54, 1.807) is 0 Å². The Morgan fingerprint density at radius 3 is 2.59 bits per heavy atom. The van der Waals surface area contributed by atoms with Crippen LogP contribution in [0.4, 0.5) is 5.69 Å². The summed E-state index contributed by atoms with van der Waals surface area (Å²) in [6.45, 7) is 6.35. The number of aromatic nitrogens is 1. The summed E-state index contributed by atoms with van der Waals surface area (Å²) in [4.78, 5) is 4.73. The second kappa shape index (κ2) is 4.65. The normalized spacial score (nSPS) is 10.9. The molecule has 0 fully saturated rings. The molecule has 0 bridgehead atoms. The molecule has 3 heteroatoms. The fourth-order valence-electron chi connectivity index (χ4n) is 2.37. The van der Waals surface area contributed by atoms with Gasteiger partial charge in [-0.15, -0.1) is 0 Å². The summed E-state index contributed by atoms with van der Waals surface area (Å²) in [7, 11) is 1.98. The molecule has 2 aromatic rings. The van der Waals surface area contributed by atoms with Crippen molar-refractivity contribution in [3.8, 4) is 0 Å². The molecule has 0 spiro atoms. The zero-order valence-corrected chi connectivity index (χ0v) is 12.3. The van der Waals surface area contributed by atoms with E-state index in [4.69, 9.17) is 4.98 Å². The molecule has 1 aromatic heterocycles. The van der Waals surface area contributed by atoms with E-state index < -0.39 is 0 Å². The molecule has 0 atom stereocenters. The van der Waals surface area contributed by atoms with Gasteiger partial charge in [0.15, 0.2) is 0 Å². The van der Waals surface area contributed by atoms with Crippen LogP contribution in [0.2, 0.25) is 0 Å². The first-order valence-corrected chi connectivity index (χ1v) is 6.64. The molecule has 0 unspecified atom stereocenters. The maximum atomic E-state index is 4.73. The van der Waals surface area contributed by atoms with Crippen LogP contribution in [0, 0.1) is 13.8 Å². The molecule has 2 nitrogen and oxygen atoms in total. The van der Waals surface area contributed by atoms with Crippen molar-refractivity contribution in [1.29, 1.82) is 0 Å². The van der Waals surface area contributed by atoms with Crippen molar-refractivity contribution in [2.24, 2.45) is 0 Å². The number of nitrogens with one attached hydrogen (secondary N) is 1. The number of fused-ring (bicyclic) bond motifs is 1. The molecule has 0 saturated carbocycles. The van der Waals surface area contributed by atoms with Crippen LogP contribution in [0.15, 0.2) is 16.6 Å². The van der Waals surface area contributed by atoms with Crippen LogP contribution in [0.1, 0.15) is 23.7 Å². The van der Waals surface area contributed by atoms with E-state index >= 15 is 0 Å². The lowest BCUT2D eigenvalue weighted by molar-refractivity contribution is 1.07. The van der Waals surface area contributed by atoms with Gasteiger partial charge in [0.05, 0.1) is 5.52 Å². The molecule has 0 aliphatic heterocycles. The molecule has 0 radical (unpaired) electrons. The van der Waals surface area contributed by atoms with Gasteiger partial charge in [0.1, 0.15) is 0 Å². The van der Waals surface area contributed by atoms with Crippen LogP contribution in [-0.4, -0.2) is 12.0 Å². The molecule has 1 heterocycles. The first-order chi connectivity index (χ1) is 8.08. The van der Waals surface area contributed by atoms with Gasteiger partial charge >= 0.3 is 0 Å². The third kappa shape index (κ3) is 2.04. The lowest BCUT2D eigenvalue weighted by atomic mass is 10.0. The number of rotatable bonds is 2. The molecule has 0 aliphatic rings. The van der Waals surface area contributed by atoms with Gasteiger partial charge in [0, 0.05) is 28.3 Å². The van der Waals surface area contributed by atoms with E-state index in [0.717, 1.165) is 22.1 Å². The summed E-state index contributed by atoms with van der Waals surface area (Å²) in [5.74, 6) is 0. The van der Waals surface area contributed by atoms with Crippen molar-refractivity contribution < 1.29 is 0 Å². The van der Waals surface area contributed by atoms with Gasteiger partial charge in [-0.3, -0.25) is 4.98 Å². The minimum absolute atomic E-state index is 0.997. The monoisotopic (exact) mass is 292 g/mol. The predicted octanol–water partition coefficient (Wildman–Crippen LogP) is 4.22. The van der Waals surface area contributed by atoms with Gasteiger partial charge in [-0.25, -0.2) is 0 Å². The van der Waals surface area contributed by atoms with Gasteiger partial charge in [0.25, 0.3) is 0 Å². The van der Waals surface area contributed by atoms with Crippen molar-refractivity contribution in [1.82, 2.24) is 4.98 Å². The van der Waals surface area contributed by atoms with Gasteiger partial charge < -0.3 is 5.32 Å². The topological polar surface area (TPSA) is 24.9 Å². The summed E-state index contributed by atoms with van der Waals surface area (Å²) in [6.07, 6.45) is 0.997. The Kier molecular flexibility index (Phi) is 3.38. The summed E-state index contributed by atoms with van der Waals surface area (Å²) >= 11 is 3.56. The summed E-state index contributed by atoms with van der Waals surface area (Å²) in [5.41, 5.74) is 5.93. The van der Waals surface area contributed by atoms with Crippen molar-refractivity contribution in [3.05, 3.63) is 33.4 Å². The number of hydrogen-bond acceptors (Lipinski definition) is 2. The standard InChI is InChI=1S/C14H17BrN2/c1-5-11-9(3)17-13-8(2)6-10(15)7-12(13)14(11)16-4/h6-7H,5H2,1-4H3,(H,16,17). The van der Waals surface area contributed by atoms with Crippen molar-refractivity contribution in [2.45, 2.75) is 27.2 Å². The van der Waals surface area contributed by atoms with Crippen LogP contribution in [0.25, 0.3) is 10.9 Å². The third-order valence-corrected chi connectivity index (χ3v) is 3.61. The molecule has 1 aromatic carbocycles. The van der Waals surface area contributed by atoms with Crippen LogP contribution in [0.5, 0.6) is 0 Å². The minimum Gasteiger partial charge on any atom is -0.387 e. The Bertz CT molecular complexity index is 576. The smallest absolute Gasteiger partial charge is 0.0756 e. The van der Waals surface area contributed by atoms with Crippen LogP contribution in [0.3, 0.4) is 0 Å². The Balaban J connectivity index is 2.93. The number of halogens is 1. The lowest BCUT2D eigenvalue weighted by Crippen LogP contribution is -2.02. The number of anilines is 1. The Labute approximate surface area is 111 Å². The van der Waals surface area contributed by atoms with Gasteiger partial charge in [0.2, 0.25) is 0 Å². The zero-order chi connectivity index (χ0) is 12.6. The third-order valence-electron chi connectivity index (χ3n) is 3.16. The highest BCUT2D eigenvalue weighted by molar-refractivity contribution is 9.10. The SMILES string of the molecule is CCc1c(C)nc2c(C)cc(Br)cc2c1NC. The van der Waals surface area contributed by atoms with E-state index in [2.05, 4.69) is 54.2 Å². The Hall–Kier alpha value is -1.09. The Morgan fingerprint density at radius 2 is 2.00 bits per heavy atom. The van der Waals surface area contributed by atoms with Crippen LogP contribution >= 0.6 is 15.9 Å². The van der Waals surface area contributed by atoms with Crippen molar-refractivity contribution in [2.75, 3.05) is 12.4 Å². The van der Waals surface area contributed by atoms with E-state index in [0.29, 0.717) is 0 Å². The predicted molar refractivity (Wildman–Crippen MR) is 77.8 cm³/mol. The molecular weight excluding hydrogens is 276 g/mol. The molecule has 17 heavy (non-hydrogen) atoms. The number of nitrogens with zero attached hydrogens (tertiary/aromatic N) is 1. The van der Waals surface area contributed by atoms with E-state index in [1.165, 1.54) is 22.2 Å². The van der Waals surface area contributed by atoms with Gasteiger partial charge in [-0.2, -0.15) is 0 Å². The van der Waals surface area contributed by atoms with Crippen molar-refractivity contribution >= 4 is 32.5 Å². The zero-order valence-electron chi connectivity index (χ0n) is 10.7. The number of aryl methyl sites for hydroxylation is 2. The summed E-state index contributed by atoms with van der Waals surface area (Å²) < 4.78 is 1.10. The van der Waals surface area contributed by atoms with Crippen LogP contribution < -0.4 is 5.32 Å². The maximum absolute atomic E-state index is 4.73. The number of benzene rings is 1. The maximum Gasteiger partial charge on any atom is 0.0756 e.